The van der Waals surface area contributed by atoms with E-state index in [0.29, 0.717) is 0 Å². The van der Waals surface area contributed by atoms with Gasteiger partial charge in [-0.2, -0.15) is 0 Å². The van der Waals surface area contributed by atoms with Crippen LogP contribution in [0.15, 0.2) is 24.4 Å². The molecule has 5 nitrogen and oxygen atoms in total. The van der Waals surface area contributed by atoms with Gasteiger partial charge in [0.2, 0.25) is 0 Å². The number of nitrogens with one attached hydrogen (secondary N) is 1. The molecule has 0 saturated carbocycles. The first-order chi connectivity index (χ1) is 12.7. The lowest BCUT2D eigenvalue weighted by Crippen LogP contribution is -2.44. The number of hydrogen-bond donors (Lipinski definition) is 1. The maximum Gasteiger partial charge on any atom is 0.263 e. The van der Waals surface area contributed by atoms with E-state index in [9.17, 15) is 4.79 Å². The molecule has 0 unspecified atom stereocenters. The van der Waals surface area contributed by atoms with Crippen molar-refractivity contribution in [1.82, 2.24) is 20.2 Å². The highest BCUT2D eigenvalue weighted by atomic mass is 32.1. The third kappa shape index (κ3) is 5.11. The number of pyridine rings is 1. The summed E-state index contributed by atoms with van der Waals surface area (Å²) in [7, 11) is 0. The van der Waals surface area contributed by atoms with Gasteiger partial charge >= 0.3 is 0 Å². The molecule has 1 fully saturated rings. The summed E-state index contributed by atoms with van der Waals surface area (Å²) in [6.45, 7) is 6.98. The molecule has 3 heterocycles. The maximum atomic E-state index is 12.6. The summed E-state index contributed by atoms with van der Waals surface area (Å²) < 4.78 is 0. The Labute approximate surface area is 159 Å². The zero-order chi connectivity index (χ0) is 18.4. The van der Waals surface area contributed by atoms with Gasteiger partial charge in [-0.05, 0) is 44.7 Å². The van der Waals surface area contributed by atoms with Gasteiger partial charge in [-0.25, -0.2) is 4.98 Å². The Bertz CT molecular complexity index is 708. The molecule has 0 radical (unpaired) electrons. The minimum absolute atomic E-state index is 0.0472. The molecule has 0 bridgehead atoms. The van der Waals surface area contributed by atoms with Crippen LogP contribution in [0.25, 0.3) is 0 Å². The summed E-state index contributed by atoms with van der Waals surface area (Å²) in [5.41, 5.74) is 1.97. The van der Waals surface area contributed by atoms with E-state index in [0.717, 1.165) is 73.0 Å². The number of aryl methyl sites for hydroxylation is 2. The van der Waals surface area contributed by atoms with Crippen molar-refractivity contribution in [1.29, 1.82) is 0 Å². The number of carbonyl (C=O) groups excluding carboxylic acids is 1. The molecule has 0 aliphatic carbocycles. The second-order valence-electron chi connectivity index (χ2n) is 6.97. The maximum absolute atomic E-state index is 12.6. The molecule has 0 aromatic carbocycles. The fourth-order valence-corrected chi connectivity index (χ4v) is 4.31. The topological polar surface area (TPSA) is 58.1 Å². The number of amides is 1. The molecule has 6 heteroatoms. The summed E-state index contributed by atoms with van der Waals surface area (Å²) in [5.74, 6) is 0.0472. The van der Waals surface area contributed by atoms with Crippen LogP contribution in [-0.2, 0) is 13.0 Å². The molecule has 140 valence electrons. The first-order valence-corrected chi connectivity index (χ1v) is 10.4. The molecular formula is C20H28N4OS. The van der Waals surface area contributed by atoms with Crippen LogP contribution < -0.4 is 5.32 Å². The number of thiazole rings is 1. The Morgan fingerprint density at radius 3 is 2.85 bits per heavy atom. The van der Waals surface area contributed by atoms with Crippen LogP contribution in [0.3, 0.4) is 0 Å². The number of carbonyl (C=O) groups is 1. The summed E-state index contributed by atoms with van der Waals surface area (Å²) in [6.07, 6.45) is 7.06. The van der Waals surface area contributed by atoms with Crippen molar-refractivity contribution in [2.45, 2.75) is 58.5 Å². The van der Waals surface area contributed by atoms with Gasteiger partial charge in [0.25, 0.3) is 5.91 Å². The number of piperidine rings is 1. The van der Waals surface area contributed by atoms with E-state index < -0.39 is 0 Å². The van der Waals surface area contributed by atoms with E-state index in [2.05, 4.69) is 33.2 Å². The Morgan fingerprint density at radius 2 is 2.15 bits per heavy atom. The van der Waals surface area contributed by atoms with Gasteiger partial charge in [0.15, 0.2) is 0 Å². The van der Waals surface area contributed by atoms with E-state index in [1.807, 2.05) is 25.3 Å². The highest BCUT2D eigenvalue weighted by Gasteiger charge is 2.23. The molecular weight excluding hydrogens is 344 g/mol. The number of hydrogen-bond acceptors (Lipinski definition) is 5. The summed E-state index contributed by atoms with van der Waals surface area (Å²) in [4.78, 5) is 24.8. The number of rotatable bonds is 7. The van der Waals surface area contributed by atoms with E-state index in [1.165, 1.54) is 0 Å². The Kier molecular flexibility index (Phi) is 6.74. The van der Waals surface area contributed by atoms with Gasteiger partial charge in [-0.1, -0.05) is 19.4 Å². The average molecular weight is 373 g/mol. The summed E-state index contributed by atoms with van der Waals surface area (Å²) in [5, 5.41) is 4.30. The van der Waals surface area contributed by atoms with E-state index in [4.69, 9.17) is 0 Å². The molecule has 1 N–H and O–H groups in total. The van der Waals surface area contributed by atoms with Gasteiger partial charge < -0.3 is 5.32 Å². The lowest BCUT2D eigenvalue weighted by molar-refractivity contribution is 0.0912. The quantitative estimate of drug-likeness (QED) is 0.807. The molecule has 0 atom stereocenters. The largest absolute Gasteiger partial charge is 0.348 e. The Hall–Kier alpha value is -1.79. The van der Waals surface area contributed by atoms with Crippen LogP contribution in [0, 0.1) is 6.92 Å². The third-order valence-corrected chi connectivity index (χ3v) is 6.04. The van der Waals surface area contributed by atoms with Crippen molar-refractivity contribution in [2.75, 3.05) is 13.1 Å². The minimum atomic E-state index is 0.0472. The third-order valence-electron chi connectivity index (χ3n) is 4.83. The van der Waals surface area contributed by atoms with Gasteiger partial charge in [0, 0.05) is 31.9 Å². The molecule has 0 spiro atoms. The smallest absolute Gasteiger partial charge is 0.263 e. The molecule has 26 heavy (non-hydrogen) atoms. The molecule has 1 saturated heterocycles. The van der Waals surface area contributed by atoms with Gasteiger partial charge in [0.05, 0.1) is 16.4 Å². The highest BCUT2D eigenvalue weighted by molar-refractivity contribution is 7.13. The van der Waals surface area contributed by atoms with Crippen LogP contribution in [0.5, 0.6) is 0 Å². The van der Waals surface area contributed by atoms with Crippen molar-refractivity contribution < 1.29 is 4.79 Å². The van der Waals surface area contributed by atoms with Gasteiger partial charge in [-0.15, -0.1) is 11.3 Å². The van der Waals surface area contributed by atoms with E-state index in [-0.39, 0.29) is 11.9 Å². The van der Waals surface area contributed by atoms with Crippen molar-refractivity contribution in [2.24, 2.45) is 0 Å². The normalized spacial score (nSPS) is 15.9. The van der Waals surface area contributed by atoms with Crippen molar-refractivity contribution >= 4 is 17.2 Å². The summed E-state index contributed by atoms with van der Waals surface area (Å²) >= 11 is 1.56. The monoisotopic (exact) mass is 372 g/mol. The molecule has 3 rings (SSSR count). The van der Waals surface area contributed by atoms with Crippen LogP contribution >= 0.6 is 11.3 Å². The van der Waals surface area contributed by atoms with Crippen LogP contribution in [0.1, 0.15) is 58.7 Å². The number of likely N-dealkylation sites (tertiary alicyclic amines) is 1. The molecule has 1 aliphatic heterocycles. The fraction of sp³-hybridized carbons (Fsp3) is 0.550. The Morgan fingerprint density at radius 1 is 1.35 bits per heavy atom. The second kappa shape index (κ2) is 9.24. The summed E-state index contributed by atoms with van der Waals surface area (Å²) in [6, 6.07) is 6.29. The van der Waals surface area contributed by atoms with Crippen molar-refractivity contribution in [3.63, 3.8) is 0 Å². The van der Waals surface area contributed by atoms with E-state index in [1.54, 1.807) is 11.3 Å². The highest BCUT2D eigenvalue weighted by Crippen LogP contribution is 2.21. The fourth-order valence-electron chi connectivity index (χ4n) is 3.31. The minimum Gasteiger partial charge on any atom is -0.348 e. The first-order valence-electron chi connectivity index (χ1n) is 9.55. The standard InChI is InChI=1S/C20H28N4OS/c1-3-4-8-18-22-15(2)19(26-18)20(25)23-16-9-12-24(13-10-16)14-17-7-5-6-11-21-17/h5-7,11,16H,3-4,8-10,12-14H2,1-2H3,(H,23,25). The average Bonchev–Trinajstić information content (AvgIpc) is 3.03. The predicted octanol–water partition coefficient (Wildman–Crippen LogP) is 3.58. The number of unbranched alkanes of at least 4 members (excludes halogenated alkanes) is 1. The van der Waals surface area contributed by atoms with Crippen LogP contribution in [0.2, 0.25) is 0 Å². The SMILES string of the molecule is CCCCc1nc(C)c(C(=O)NC2CCN(Cc3ccccn3)CC2)s1. The van der Waals surface area contributed by atoms with Gasteiger partial charge in [-0.3, -0.25) is 14.7 Å². The van der Waals surface area contributed by atoms with E-state index >= 15 is 0 Å². The number of aromatic nitrogens is 2. The lowest BCUT2D eigenvalue weighted by atomic mass is 10.0. The predicted molar refractivity (Wildman–Crippen MR) is 105 cm³/mol. The second-order valence-corrected chi connectivity index (χ2v) is 8.05. The van der Waals surface area contributed by atoms with Crippen molar-refractivity contribution in [3.8, 4) is 0 Å². The zero-order valence-corrected chi connectivity index (χ0v) is 16.5. The van der Waals surface area contributed by atoms with Crippen LogP contribution in [0.4, 0.5) is 0 Å². The Balaban J connectivity index is 1.48. The first kappa shape index (κ1) is 19.0. The number of nitrogens with zero attached hydrogens (tertiary/aromatic N) is 3. The molecule has 1 amide bonds. The molecule has 2 aromatic rings. The lowest BCUT2D eigenvalue weighted by Gasteiger charge is -2.32. The van der Waals surface area contributed by atoms with Crippen molar-refractivity contribution in [3.05, 3.63) is 45.7 Å². The van der Waals surface area contributed by atoms with Crippen LogP contribution in [-0.4, -0.2) is 39.9 Å². The van der Waals surface area contributed by atoms with Gasteiger partial charge in [0.1, 0.15) is 4.88 Å². The molecule has 2 aromatic heterocycles. The zero-order valence-electron chi connectivity index (χ0n) is 15.7. The molecule has 1 aliphatic rings.